The fourth-order valence-electron chi connectivity index (χ4n) is 2.48. The molecule has 0 bridgehead atoms. The van der Waals surface area contributed by atoms with E-state index in [1.54, 1.807) is 0 Å². The maximum Gasteiger partial charge on any atom is 0.117 e. The minimum absolute atomic E-state index is 0.0637. The SMILES string of the molecule is NCC1(c2nc3ccccc3n2CCO)CC1. The number of fused-ring (bicyclic) bond motifs is 1. The van der Waals surface area contributed by atoms with Crippen LogP contribution >= 0.6 is 0 Å². The summed E-state index contributed by atoms with van der Waals surface area (Å²) < 4.78 is 2.12. The van der Waals surface area contributed by atoms with Gasteiger partial charge in [0.2, 0.25) is 0 Å². The number of aromatic nitrogens is 2. The van der Waals surface area contributed by atoms with Gasteiger partial charge in [0.15, 0.2) is 0 Å². The van der Waals surface area contributed by atoms with Crippen LogP contribution < -0.4 is 5.73 Å². The lowest BCUT2D eigenvalue weighted by atomic mass is 10.1. The summed E-state index contributed by atoms with van der Waals surface area (Å²) in [5.74, 6) is 1.05. The highest BCUT2D eigenvalue weighted by Crippen LogP contribution is 2.47. The number of hydrogen-bond donors (Lipinski definition) is 2. The third-order valence-corrected chi connectivity index (χ3v) is 3.70. The van der Waals surface area contributed by atoms with Crippen LogP contribution in [0.4, 0.5) is 0 Å². The van der Waals surface area contributed by atoms with Gasteiger partial charge < -0.3 is 15.4 Å². The molecule has 1 heterocycles. The van der Waals surface area contributed by atoms with E-state index in [2.05, 4.69) is 4.57 Å². The van der Waals surface area contributed by atoms with Crippen molar-refractivity contribution in [3.8, 4) is 0 Å². The highest BCUT2D eigenvalue weighted by molar-refractivity contribution is 5.76. The predicted molar refractivity (Wildman–Crippen MR) is 66.8 cm³/mol. The first-order valence-electron chi connectivity index (χ1n) is 6.07. The Balaban J connectivity index is 2.19. The number of aliphatic hydroxyl groups is 1. The summed E-state index contributed by atoms with van der Waals surface area (Å²) in [7, 11) is 0. The molecule has 4 nitrogen and oxygen atoms in total. The molecule has 1 aromatic heterocycles. The van der Waals surface area contributed by atoms with E-state index in [1.807, 2.05) is 24.3 Å². The third kappa shape index (κ3) is 1.56. The first kappa shape index (κ1) is 10.7. The molecule has 0 amide bonds. The minimum atomic E-state index is 0.0637. The number of imidazole rings is 1. The van der Waals surface area contributed by atoms with Gasteiger partial charge in [0.25, 0.3) is 0 Å². The fraction of sp³-hybridized carbons (Fsp3) is 0.462. The van der Waals surface area contributed by atoms with Crippen LogP contribution in [-0.2, 0) is 12.0 Å². The number of benzene rings is 1. The van der Waals surface area contributed by atoms with Gasteiger partial charge in [-0.15, -0.1) is 0 Å². The van der Waals surface area contributed by atoms with Gasteiger partial charge in [-0.3, -0.25) is 0 Å². The summed E-state index contributed by atoms with van der Waals surface area (Å²) in [5, 5.41) is 9.20. The van der Waals surface area contributed by atoms with Crippen LogP contribution in [0.3, 0.4) is 0 Å². The average molecular weight is 231 g/mol. The van der Waals surface area contributed by atoms with Crippen LogP contribution in [0, 0.1) is 0 Å². The van der Waals surface area contributed by atoms with Crippen molar-refractivity contribution >= 4 is 11.0 Å². The number of para-hydroxylation sites is 2. The van der Waals surface area contributed by atoms with Crippen molar-refractivity contribution in [1.82, 2.24) is 9.55 Å². The zero-order valence-electron chi connectivity index (χ0n) is 9.76. The lowest BCUT2D eigenvalue weighted by molar-refractivity contribution is 0.274. The Labute approximate surface area is 100 Å². The molecule has 0 unspecified atom stereocenters. The van der Waals surface area contributed by atoms with Crippen LogP contribution in [0.25, 0.3) is 11.0 Å². The van der Waals surface area contributed by atoms with Gasteiger partial charge in [-0.2, -0.15) is 0 Å². The van der Waals surface area contributed by atoms with Crippen molar-refractivity contribution in [1.29, 1.82) is 0 Å². The molecule has 1 aromatic carbocycles. The van der Waals surface area contributed by atoms with Crippen molar-refractivity contribution in [2.75, 3.05) is 13.2 Å². The Hall–Kier alpha value is -1.39. The van der Waals surface area contributed by atoms with Crippen LogP contribution in [0.15, 0.2) is 24.3 Å². The third-order valence-electron chi connectivity index (χ3n) is 3.70. The lowest BCUT2D eigenvalue weighted by Gasteiger charge is -2.14. The van der Waals surface area contributed by atoms with E-state index in [-0.39, 0.29) is 12.0 Å². The van der Waals surface area contributed by atoms with Crippen LogP contribution in [0.5, 0.6) is 0 Å². The number of nitrogens with two attached hydrogens (primary N) is 1. The van der Waals surface area contributed by atoms with E-state index in [1.165, 1.54) is 0 Å². The number of aliphatic hydroxyl groups excluding tert-OH is 1. The second-order valence-corrected chi connectivity index (χ2v) is 4.78. The van der Waals surface area contributed by atoms with Gasteiger partial charge in [-0.05, 0) is 25.0 Å². The van der Waals surface area contributed by atoms with Crippen molar-refractivity contribution in [2.24, 2.45) is 5.73 Å². The van der Waals surface area contributed by atoms with Gasteiger partial charge in [-0.25, -0.2) is 4.98 Å². The molecule has 4 heteroatoms. The van der Waals surface area contributed by atoms with Crippen LogP contribution in [0.2, 0.25) is 0 Å². The lowest BCUT2D eigenvalue weighted by Crippen LogP contribution is -2.24. The molecule has 0 aliphatic heterocycles. The topological polar surface area (TPSA) is 64.1 Å². The molecule has 0 saturated heterocycles. The summed E-state index contributed by atoms with van der Waals surface area (Å²) in [4.78, 5) is 4.71. The minimum Gasteiger partial charge on any atom is -0.395 e. The quantitative estimate of drug-likeness (QED) is 0.825. The summed E-state index contributed by atoms with van der Waals surface area (Å²) in [6.45, 7) is 1.37. The molecule has 3 rings (SSSR count). The molecule has 2 aromatic rings. The molecule has 90 valence electrons. The highest BCUT2D eigenvalue weighted by Gasteiger charge is 2.46. The van der Waals surface area contributed by atoms with Gasteiger partial charge in [0.05, 0.1) is 17.6 Å². The molecule has 0 spiro atoms. The molecule has 1 aliphatic carbocycles. The second-order valence-electron chi connectivity index (χ2n) is 4.78. The van der Waals surface area contributed by atoms with Gasteiger partial charge >= 0.3 is 0 Å². The van der Waals surface area contributed by atoms with Crippen molar-refractivity contribution in [3.05, 3.63) is 30.1 Å². The molecule has 1 saturated carbocycles. The first-order valence-corrected chi connectivity index (χ1v) is 6.07. The number of rotatable bonds is 4. The van der Waals surface area contributed by atoms with Crippen LogP contribution in [-0.4, -0.2) is 27.8 Å². The Morgan fingerprint density at radius 1 is 1.35 bits per heavy atom. The maximum absolute atomic E-state index is 9.20. The van der Waals surface area contributed by atoms with Crippen LogP contribution in [0.1, 0.15) is 18.7 Å². The highest BCUT2D eigenvalue weighted by atomic mass is 16.3. The van der Waals surface area contributed by atoms with E-state index < -0.39 is 0 Å². The number of hydrogen-bond acceptors (Lipinski definition) is 3. The Morgan fingerprint density at radius 2 is 2.12 bits per heavy atom. The van der Waals surface area contributed by atoms with Crippen molar-refractivity contribution in [2.45, 2.75) is 24.8 Å². The Morgan fingerprint density at radius 3 is 2.76 bits per heavy atom. The van der Waals surface area contributed by atoms with Gasteiger partial charge in [0, 0.05) is 18.5 Å². The van der Waals surface area contributed by atoms with E-state index in [9.17, 15) is 5.11 Å². The zero-order valence-corrected chi connectivity index (χ0v) is 9.76. The fourth-order valence-corrected chi connectivity index (χ4v) is 2.48. The van der Waals surface area contributed by atoms with E-state index >= 15 is 0 Å². The molecular formula is C13H17N3O. The standard InChI is InChI=1S/C13H17N3O/c14-9-13(5-6-13)12-15-10-3-1-2-4-11(10)16(12)7-8-17/h1-4,17H,5-9,14H2. The Bertz CT molecular complexity index is 543. The Kier molecular flexibility index (Phi) is 2.42. The smallest absolute Gasteiger partial charge is 0.117 e. The summed E-state index contributed by atoms with van der Waals surface area (Å²) >= 11 is 0. The normalized spacial score (nSPS) is 17.5. The van der Waals surface area contributed by atoms with Crippen molar-refractivity contribution in [3.63, 3.8) is 0 Å². The summed E-state index contributed by atoms with van der Waals surface area (Å²) in [5.41, 5.74) is 8.03. The molecule has 3 N–H and O–H groups in total. The zero-order chi connectivity index (χ0) is 11.9. The largest absolute Gasteiger partial charge is 0.395 e. The monoisotopic (exact) mass is 231 g/mol. The summed E-state index contributed by atoms with van der Waals surface area (Å²) in [6, 6.07) is 8.06. The molecule has 1 aliphatic rings. The summed E-state index contributed by atoms with van der Waals surface area (Å²) in [6.07, 6.45) is 2.22. The van der Waals surface area contributed by atoms with E-state index in [0.717, 1.165) is 29.7 Å². The molecule has 17 heavy (non-hydrogen) atoms. The number of nitrogens with zero attached hydrogens (tertiary/aromatic N) is 2. The predicted octanol–water partition coefficient (Wildman–Crippen LogP) is 1.02. The van der Waals surface area contributed by atoms with Crippen molar-refractivity contribution < 1.29 is 5.11 Å². The van der Waals surface area contributed by atoms with Gasteiger partial charge in [0.1, 0.15) is 5.82 Å². The van der Waals surface area contributed by atoms with E-state index in [4.69, 9.17) is 10.7 Å². The maximum atomic E-state index is 9.20. The van der Waals surface area contributed by atoms with E-state index in [0.29, 0.717) is 13.1 Å². The average Bonchev–Trinajstić information content (AvgIpc) is 3.08. The first-order chi connectivity index (χ1) is 8.30. The second kappa shape index (κ2) is 3.82. The molecule has 0 radical (unpaired) electrons. The molecule has 0 atom stereocenters. The molecule has 1 fully saturated rings. The molecular weight excluding hydrogens is 214 g/mol. The van der Waals surface area contributed by atoms with Gasteiger partial charge in [-0.1, -0.05) is 12.1 Å².